The number of thioether (sulfide) groups is 1. The molecule has 1 aromatic carbocycles. The Labute approximate surface area is 154 Å². The van der Waals surface area contributed by atoms with Crippen molar-refractivity contribution in [2.75, 3.05) is 18.5 Å². The summed E-state index contributed by atoms with van der Waals surface area (Å²) in [5.74, 6) is -0.577. The molecule has 0 saturated carbocycles. The van der Waals surface area contributed by atoms with Gasteiger partial charge in [0.25, 0.3) is 0 Å². The maximum atomic E-state index is 12.1. The molecule has 0 bridgehead atoms. The average molecular weight is 376 g/mol. The van der Waals surface area contributed by atoms with Crippen LogP contribution < -0.4 is 5.32 Å². The fraction of sp³-hybridized carbons (Fsp3) is 0.412. The van der Waals surface area contributed by atoms with Gasteiger partial charge in [-0.1, -0.05) is 17.3 Å². The van der Waals surface area contributed by atoms with E-state index in [1.54, 1.807) is 0 Å². The highest BCUT2D eigenvalue weighted by atomic mass is 32.2. The number of carbonyl (C=O) groups is 2. The van der Waals surface area contributed by atoms with Crippen LogP contribution in [0.5, 0.6) is 0 Å². The smallest absolute Gasteiger partial charge is 0.358 e. The monoisotopic (exact) mass is 376 g/mol. The Morgan fingerprint density at radius 1 is 1.35 bits per heavy atom. The van der Waals surface area contributed by atoms with Crippen LogP contribution in [-0.4, -0.2) is 50.4 Å². The number of rotatable bonds is 7. The van der Waals surface area contributed by atoms with Gasteiger partial charge in [-0.05, 0) is 30.5 Å². The highest BCUT2D eigenvalue weighted by Crippen LogP contribution is 2.26. The van der Waals surface area contributed by atoms with Crippen molar-refractivity contribution < 1.29 is 19.4 Å². The second kappa shape index (κ2) is 8.81. The topological polar surface area (TPSA) is 106 Å². The molecule has 1 aromatic heterocycles. The number of aromatic carboxylic acids is 1. The number of hydrogen-bond acceptors (Lipinski definition) is 6. The second-order valence-electron chi connectivity index (χ2n) is 5.98. The van der Waals surface area contributed by atoms with Gasteiger partial charge in [0.05, 0.1) is 6.20 Å². The summed E-state index contributed by atoms with van der Waals surface area (Å²) < 4.78 is 6.57. The van der Waals surface area contributed by atoms with E-state index in [1.165, 1.54) is 10.9 Å². The molecule has 1 fully saturated rings. The van der Waals surface area contributed by atoms with Gasteiger partial charge in [-0.2, -0.15) is 11.8 Å². The van der Waals surface area contributed by atoms with E-state index >= 15 is 0 Å². The van der Waals surface area contributed by atoms with Crippen molar-refractivity contribution in [1.29, 1.82) is 0 Å². The number of hydrogen-bond donors (Lipinski definition) is 2. The van der Waals surface area contributed by atoms with Crippen LogP contribution in [0.15, 0.2) is 30.5 Å². The first kappa shape index (κ1) is 18.4. The van der Waals surface area contributed by atoms with Crippen LogP contribution in [0.1, 0.15) is 28.9 Å². The van der Waals surface area contributed by atoms with E-state index in [4.69, 9.17) is 9.84 Å². The standard InChI is InChI=1S/C17H20N4O4S/c22-16(10-21-9-15(17(23)24)19-20-21)18-13-3-1-2-12(8-13)11-26-14-4-6-25-7-5-14/h1-3,8-9,14H,4-7,10-11H2,(H,18,22)(H,23,24). The third-order valence-corrected chi connectivity index (χ3v) is 5.37. The maximum Gasteiger partial charge on any atom is 0.358 e. The molecule has 0 spiro atoms. The normalized spacial score (nSPS) is 14.9. The molecular formula is C17H20N4O4S. The summed E-state index contributed by atoms with van der Waals surface area (Å²) in [7, 11) is 0. The van der Waals surface area contributed by atoms with Crippen molar-refractivity contribution in [3.63, 3.8) is 0 Å². The predicted octanol–water partition coefficient (Wildman–Crippen LogP) is 2.03. The number of amides is 1. The summed E-state index contributed by atoms with van der Waals surface area (Å²) in [5.41, 5.74) is 1.66. The van der Waals surface area contributed by atoms with Crippen LogP contribution in [-0.2, 0) is 21.8 Å². The second-order valence-corrected chi connectivity index (χ2v) is 7.27. The van der Waals surface area contributed by atoms with Gasteiger partial charge in [0.2, 0.25) is 5.91 Å². The predicted molar refractivity (Wildman–Crippen MR) is 97.2 cm³/mol. The number of carbonyl (C=O) groups excluding carboxylic acids is 1. The number of carboxylic acids is 1. The summed E-state index contributed by atoms with van der Waals surface area (Å²) in [6.45, 7) is 1.57. The molecule has 138 valence electrons. The third-order valence-electron chi connectivity index (χ3n) is 3.93. The molecule has 26 heavy (non-hydrogen) atoms. The number of carboxylic acid groups (broad SMARTS) is 1. The van der Waals surface area contributed by atoms with Gasteiger partial charge in [-0.3, -0.25) is 4.79 Å². The number of anilines is 1. The Hall–Kier alpha value is -2.39. The van der Waals surface area contributed by atoms with Gasteiger partial charge in [0.1, 0.15) is 6.54 Å². The van der Waals surface area contributed by atoms with Gasteiger partial charge in [0.15, 0.2) is 5.69 Å². The highest BCUT2D eigenvalue weighted by Gasteiger charge is 2.14. The Morgan fingerprint density at radius 3 is 2.88 bits per heavy atom. The minimum absolute atomic E-state index is 0.0959. The molecule has 2 N–H and O–H groups in total. The molecule has 2 heterocycles. The molecule has 1 saturated heterocycles. The molecule has 1 aliphatic heterocycles. The van der Waals surface area contributed by atoms with E-state index in [1.807, 2.05) is 36.0 Å². The zero-order valence-corrected chi connectivity index (χ0v) is 14.9. The van der Waals surface area contributed by atoms with Crippen molar-refractivity contribution in [3.8, 4) is 0 Å². The van der Waals surface area contributed by atoms with Gasteiger partial charge < -0.3 is 15.2 Å². The number of nitrogens with one attached hydrogen (secondary N) is 1. The fourth-order valence-corrected chi connectivity index (χ4v) is 3.75. The zero-order chi connectivity index (χ0) is 18.4. The van der Waals surface area contributed by atoms with Crippen LogP contribution in [0.25, 0.3) is 0 Å². The molecule has 2 aromatic rings. The zero-order valence-electron chi connectivity index (χ0n) is 14.1. The molecule has 0 aliphatic carbocycles. The molecule has 9 heteroatoms. The van der Waals surface area contributed by atoms with Gasteiger partial charge in [-0.15, -0.1) is 5.10 Å². The van der Waals surface area contributed by atoms with Crippen LogP contribution in [0.4, 0.5) is 5.69 Å². The first-order chi connectivity index (χ1) is 12.6. The molecule has 0 unspecified atom stereocenters. The maximum absolute atomic E-state index is 12.1. The Balaban J connectivity index is 1.52. The lowest BCUT2D eigenvalue weighted by atomic mass is 10.2. The lowest BCUT2D eigenvalue weighted by molar-refractivity contribution is -0.116. The van der Waals surface area contributed by atoms with Crippen LogP contribution >= 0.6 is 11.8 Å². The van der Waals surface area contributed by atoms with Crippen molar-refractivity contribution in [3.05, 3.63) is 41.7 Å². The van der Waals surface area contributed by atoms with E-state index in [2.05, 4.69) is 15.6 Å². The number of ether oxygens (including phenoxy) is 1. The fourth-order valence-electron chi connectivity index (χ4n) is 2.62. The van der Waals surface area contributed by atoms with Crippen LogP contribution in [0.3, 0.4) is 0 Å². The summed E-state index contributed by atoms with van der Waals surface area (Å²) >= 11 is 1.92. The Morgan fingerprint density at radius 2 is 2.15 bits per heavy atom. The largest absolute Gasteiger partial charge is 0.476 e. The van der Waals surface area contributed by atoms with Gasteiger partial charge in [-0.25, -0.2) is 9.48 Å². The van der Waals surface area contributed by atoms with E-state index in [-0.39, 0.29) is 18.1 Å². The summed E-state index contributed by atoms with van der Waals surface area (Å²) in [4.78, 5) is 22.9. The van der Waals surface area contributed by atoms with Crippen LogP contribution in [0, 0.1) is 0 Å². The molecular weight excluding hydrogens is 356 g/mol. The van der Waals surface area contributed by atoms with E-state index < -0.39 is 5.97 Å². The summed E-state index contributed by atoms with van der Waals surface area (Å²) in [6.07, 6.45) is 3.39. The quantitative estimate of drug-likeness (QED) is 0.761. The molecule has 1 amide bonds. The highest BCUT2D eigenvalue weighted by molar-refractivity contribution is 7.99. The van der Waals surface area contributed by atoms with Gasteiger partial charge in [0, 0.05) is 29.9 Å². The van der Waals surface area contributed by atoms with Crippen LogP contribution in [0.2, 0.25) is 0 Å². The minimum atomic E-state index is -1.17. The Kier molecular flexibility index (Phi) is 6.24. The lowest BCUT2D eigenvalue weighted by Crippen LogP contribution is -2.19. The Bertz CT molecular complexity index is 774. The third kappa shape index (κ3) is 5.30. The van der Waals surface area contributed by atoms with E-state index in [0.29, 0.717) is 10.9 Å². The van der Waals surface area contributed by atoms with E-state index in [9.17, 15) is 9.59 Å². The molecule has 8 nitrogen and oxygen atoms in total. The van der Waals surface area contributed by atoms with Crippen molar-refractivity contribution in [1.82, 2.24) is 15.0 Å². The molecule has 1 aliphatic rings. The number of nitrogens with zero attached hydrogens (tertiary/aromatic N) is 3. The van der Waals surface area contributed by atoms with Gasteiger partial charge >= 0.3 is 5.97 Å². The lowest BCUT2D eigenvalue weighted by Gasteiger charge is -2.21. The number of aromatic nitrogens is 3. The van der Waals surface area contributed by atoms with Crippen molar-refractivity contribution in [2.24, 2.45) is 0 Å². The minimum Gasteiger partial charge on any atom is -0.476 e. The SMILES string of the molecule is O=C(Cn1cc(C(=O)O)nn1)Nc1cccc(CSC2CCOCC2)c1. The number of benzene rings is 1. The molecule has 0 radical (unpaired) electrons. The van der Waals surface area contributed by atoms with Crippen molar-refractivity contribution in [2.45, 2.75) is 30.4 Å². The first-order valence-electron chi connectivity index (χ1n) is 8.32. The molecule has 3 rings (SSSR count). The summed E-state index contributed by atoms with van der Waals surface area (Å²) in [6, 6.07) is 7.73. The van der Waals surface area contributed by atoms with E-state index in [0.717, 1.165) is 37.4 Å². The summed E-state index contributed by atoms with van der Waals surface area (Å²) in [5, 5.41) is 19.4. The van der Waals surface area contributed by atoms with Crippen molar-refractivity contribution >= 4 is 29.3 Å². The molecule has 0 atom stereocenters. The first-order valence-corrected chi connectivity index (χ1v) is 9.36. The average Bonchev–Trinajstić information content (AvgIpc) is 3.10.